The van der Waals surface area contributed by atoms with Crippen LogP contribution in [0.25, 0.3) is 11.3 Å². The molecular weight excluding hydrogens is 336 g/mol. The van der Waals surface area contributed by atoms with Crippen molar-refractivity contribution >= 4 is 28.2 Å². The number of thiazole rings is 1. The lowest BCUT2D eigenvalue weighted by molar-refractivity contribution is -0.137. The van der Waals surface area contributed by atoms with Crippen LogP contribution in [0.15, 0.2) is 24.3 Å². The molecule has 0 aliphatic carbocycles. The van der Waals surface area contributed by atoms with Crippen LogP contribution in [0.2, 0.25) is 0 Å². The highest BCUT2D eigenvalue weighted by molar-refractivity contribution is 7.18. The SMILES string of the molecule is CCOC(=O)C(=O)c1sc(N2CCCCC2)nc1-c1ccc(C)cc1. The van der Waals surface area contributed by atoms with E-state index in [0.29, 0.717) is 10.6 Å². The van der Waals surface area contributed by atoms with Gasteiger partial charge in [0.15, 0.2) is 5.13 Å². The van der Waals surface area contributed by atoms with E-state index >= 15 is 0 Å². The van der Waals surface area contributed by atoms with Crippen LogP contribution in [-0.4, -0.2) is 36.4 Å². The van der Waals surface area contributed by atoms with Crippen LogP contribution >= 0.6 is 11.3 Å². The first-order valence-corrected chi connectivity index (χ1v) is 9.46. The highest BCUT2D eigenvalue weighted by Gasteiger charge is 2.28. The van der Waals surface area contributed by atoms with E-state index in [1.165, 1.54) is 17.8 Å². The second kappa shape index (κ2) is 7.78. The van der Waals surface area contributed by atoms with E-state index in [-0.39, 0.29) is 6.61 Å². The number of carbonyl (C=O) groups excluding carboxylic acids is 2. The molecule has 3 rings (SSSR count). The lowest BCUT2D eigenvalue weighted by Gasteiger charge is -2.25. The summed E-state index contributed by atoms with van der Waals surface area (Å²) in [5.74, 6) is -1.43. The maximum atomic E-state index is 12.6. The summed E-state index contributed by atoms with van der Waals surface area (Å²) in [4.78, 5) is 31.8. The zero-order chi connectivity index (χ0) is 17.8. The van der Waals surface area contributed by atoms with Gasteiger partial charge >= 0.3 is 5.97 Å². The molecule has 1 aromatic carbocycles. The fourth-order valence-electron chi connectivity index (χ4n) is 2.88. The number of anilines is 1. The van der Waals surface area contributed by atoms with Gasteiger partial charge in [-0.3, -0.25) is 4.79 Å². The minimum Gasteiger partial charge on any atom is -0.460 e. The summed E-state index contributed by atoms with van der Waals surface area (Å²) >= 11 is 1.29. The molecule has 2 heterocycles. The Kier molecular flexibility index (Phi) is 5.48. The summed E-state index contributed by atoms with van der Waals surface area (Å²) in [7, 11) is 0. The number of piperidine rings is 1. The Balaban J connectivity index is 2.00. The van der Waals surface area contributed by atoms with E-state index in [0.717, 1.165) is 42.2 Å². The van der Waals surface area contributed by atoms with Crippen LogP contribution in [0.1, 0.15) is 41.4 Å². The van der Waals surface area contributed by atoms with E-state index in [2.05, 4.69) is 4.90 Å². The molecule has 0 atom stereocenters. The number of benzene rings is 1. The van der Waals surface area contributed by atoms with Gasteiger partial charge in [-0.05, 0) is 33.1 Å². The first kappa shape index (κ1) is 17.6. The fraction of sp³-hybridized carbons (Fsp3) is 0.421. The Hall–Kier alpha value is -2.21. The topological polar surface area (TPSA) is 59.5 Å². The van der Waals surface area contributed by atoms with E-state index in [4.69, 9.17) is 9.72 Å². The van der Waals surface area contributed by atoms with Crippen molar-refractivity contribution in [2.45, 2.75) is 33.1 Å². The standard InChI is InChI=1S/C19H22N2O3S/c1-3-24-18(23)16(22)17-15(14-9-7-13(2)8-10-14)20-19(25-17)21-11-5-4-6-12-21/h7-10H,3-6,11-12H2,1-2H3. The number of nitrogens with zero attached hydrogens (tertiary/aromatic N) is 2. The number of aryl methyl sites for hydroxylation is 1. The van der Waals surface area contributed by atoms with Gasteiger partial charge in [0.1, 0.15) is 4.88 Å². The second-order valence-corrected chi connectivity index (χ2v) is 7.12. The number of hydrogen-bond donors (Lipinski definition) is 0. The van der Waals surface area contributed by atoms with Gasteiger partial charge in [-0.2, -0.15) is 0 Å². The van der Waals surface area contributed by atoms with E-state index in [1.54, 1.807) is 6.92 Å². The first-order valence-electron chi connectivity index (χ1n) is 8.64. The summed E-state index contributed by atoms with van der Waals surface area (Å²) in [6.07, 6.45) is 3.47. The van der Waals surface area contributed by atoms with Crippen LogP contribution < -0.4 is 4.90 Å². The van der Waals surface area contributed by atoms with Gasteiger partial charge < -0.3 is 9.64 Å². The van der Waals surface area contributed by atoms with Crippen molar-refractivity contribution in [2.24, 2.45) is 0 Å². The second-order valence-electron chi connectivity index (χ2n) is 6.14. The smallest absolute Gasteiger partial charge is 0.380 e. The number of aromatic nitrogens is 1. The molecule has 0 saturated carbocycles. The zero-order valence-corrected chi connectivity index (χ0v) is 15.4. The molecule has 1 aliphatic heterocycles. The molecule has 1 saturated heterocycles. The van der Waals surface area contributed by atoms with Crippen molar-refractivity contribution in [1.29, 1.82) is 0 Å². The molecule has 0 unspecified atom stereocenters. The number of ether oxygens (including phenoxy) is 1. The molecule has 1 aromatic heterocycles. The summed E-state index contributed by atoms with van der Waals surface area (Å²) in [6.45, 7) is 5.76. The van der Waals surface area contributed by atoms with Crippen molar-refractivity contribution in [3.05, 3.63) is 34.7 Å². The van der Waals surface area contributed by atoms with Gasteiger partial charge in [0.25, 0.3) is 5.78 Å². The lowest BCUT2D eigenvalue weighted by Crippen LogP contribution is -2.29. The Morgan fingerprint density at radius 2 is 1.84 bits per heavy atom. The van der Waals surface area contributed by atoms with Crippen molar-refractivity contribution in [2.75, 3.05) is 24.6 Å². The summed E-state index contributed by atoms with van der Waals surface area (Å²) in [6, 6.07) is 7.83. The summed E-state index contributed by atoms with van der Waals surface area (Å²) < 4.78 is 4.90. The minimum atomic E-state index is -0.815. The molecule has 0 bridgehead atoms. The van der Waals surface area contributed by atoms with Crippen LogP contribution in [-0.2, 0) is 9.53 Å². The normalized spacial score (nSPS) is 14.4. The molecule has 0 spiro atoms. The zero-order valence-electron chi connectivity index (χ0n) is 14.6. The molecule has 6 heteroatoms. The molecular formula is C19H22N2O3S. The van der Waals surface area contributed by atoms with E-state index in [9.17, 15) is 9.59 Å². The third-order valence-corrected chi connectivity index (χ3v) is 5.35. The van der Waals surface area contributed by atoms with Crippen molar-refractivity contribution < 1.29 is 14.3 Å². The predicted octanol–water partition coefficient (Wildman–Crippen LogP) is 3.85. The largest absolute Gasteiger partial charge is 0.460 e. The highest BCUT2D eigenvalue weighted by Crippen LogP contribution is 2.35. The first-order chi connectivity index (χ1) is 12.1. The molecule has 1 aliphatic rings. The van der Waals surface area contributed by atoms with Crippen molar-refractivity contribution in [3.8, 4) is 11.3 Å². The number of hydrogen-bond acceptors (Lipinski definition) is 6. The molecule has 25 heavy (non-hydrogen) atoms. The number of rotatable bonds is 5. The van der Waals surface area contributed by atoms with Crippen molar-refractivity contribution in [1.82, 2.24) is 4.98 Å². The molecule has 0 N–H and O–H groups in total. The molecule has 0 radical (unpaired) electrons. The molecule has 0 amide bonds. The summed E-state index contributed by atoms with van der Waals surface area (Å²) in [5, 5.41) is 0.808. The van der Waals surface area contributed by atoms with Crippen LogP contribution in [0.5, 0.6) is 0 Å². The van der Waals surface area contributed by atoms with E-state index in [1.807, 2.05) is 31.2 Å². The molecule has 5 nitrogen and oxygen atoms in total. The maximum Gasteiger partial charge on any atom is 0.380 e. The highest BCUT2D eigenvalue weighted by atomic mass is 32.1. The Morgan fingerprint density at radius 3 is 2.48 bits per heavy atom. The molecule has 132 valence electrons. The Bertz CT molecular complexity index is 761. The van der Waals surface area contributed by atoms with Gasteiger partial charge in [0.05, 0.1) is 12.3 Å². The Morgan fingerprint density at radius 1 is 1.16 bits per heavy atom. The predicted molar refractivity (Wildman–Crippen MR) is 99.3 cm³/mol. The van der Waals surface area contributed by atoms with Gasteiger partial charge in [-0.15, -0.1) is 0 Å². The van der Waals surface area contributed by atoms with E-state index < -0.39 is 11.8 Å². The number of ketones is 1. The maximum absolute atomic E-state index is 12.6. The third kappa shape index (κ3) is 3.90. The Labute approximate surface area is 151 Å². The fourth-order valence-corrected chi connectivity index (χ4v) is 3.95. The average Bonchev–Trinajstić information content (AvgIpc) is 3.08. The van der Waals surface area contributed by atoms with Gasteiger partial charge in [-0.25, -0.2) is 9.78 Å². The lowest BCUT2D eigenvalue weighted by atomic mass is 10.1. The number of esters is 1. The number of carbonyl (C=O) groups is 2. The third-order valence-electron chi connectivity index (χ3n) is 4.23. The molecule has 1 fully saturated rings. The van der Waals surface area contributed by atoms with Crippen molar-refractivity contribution in [3.63, 3.8) is 0 Å². The number of Topliss-reactive ketones (excluding diaryl/α,β-unsaturated/α-hetero) is 1. The van der Waals surface area contributed by atoms with Gasteiger partial charge in [0, 0.05) is 18.7 Å². The van der Waals surface area contributed by atoms with Gasteiger partial charge in [0.2, 0.25) is 0 Å². The molecule has 2 aromatic rings. The van der Waals surface area contributed by atoms with Gasteiger partial charge in [-0.1, -0.05) is 41.2 Å². The quantitative estimate of drug-likeness (QED) is 0.461. The van der Waals surface area contributed by atoms with Crippen LogP contribution in [0.4, 0.5) is 5.13 Å². The average molecular weight is 358 g/mol. The summed E-state index contributed by atoms with van der Waals surface area (Å²) in [5.41, 5.74) is 2.55. The van der Waals surface area contributed by atoms with Crippen LogP contribution in [0.3, 0.4) is 0 Å². The monoisotopic (exact) mass is 358 g/mol. The minimum absolute atomic E-state index is 0.183. The van der Waals surface area contributed by atoms with Crippen LogP contribution in [0, 0.1) is 6.92 Å².